The molecular weight excluding hydrogens is 126 g/mol. The number of hydrogen-bond donors (Lipinski definition) is 0. The van der Waals surface area contributed by atoms with Gasteiger partial charge in [0.05, 0.1) is 5.69 Å². The lowest BCUT2D eigenvalue weighted by atomic mass is 10.4. The second kappa shape index (κ2) is 4.79. The normalized spacial score (nSPS) is 7.90. The van der Waals surface area contributed by atoms with Crippen LogP contribution in [0.1, 0.15) is 25.3 Å². The predicted octanol–water partition coefficient (Wildman–Crippen LogP) is 2.65. The number of hydrogen-bond acceptors (Lipinski definition) is 2. The molecule has 0 atom stereocenters. The third-order valence-electron chi connectivity index (χ3n) is 0.847. The van der Waals surface area contributed by atoms with Crippen molar-refractivity contribution in [2.45, 2.75) is 20.8 Å². The van der Waals surface area contributed by atoms with Gasteiger partial charge in [-0.25, -0.2) is 0 Å². The van der Waals surface area contributed by atoms with E-state index in [4.69, 9.17) is 4.52 Å². The molecule has 0 radical (unpaired) electrons. The smallest absolute Gasteiger partial charge is 0.159 e. The molecule has 0 aliphatic heterocycles. The average molecular weight is 139 g/mol. The fraction of sp³-hybridized carbons (Fsp3) is 0.375. The summed E-state index contributed by atoms with van der Waals surface area (Å²) in [6.45, 7) is 9.38. The fourth-order valence-electron chi connectivity index (χ4n) is 0.479. The Balaban J connectivity index is 0.000000371. The molecule has 1 heterocycles. The van der Waals surface area contributed by atoms with Gasteiger partial charge < -0.3 is 4.52 Å². The van der Waals surface area contributed by atoms with Crippen molar-refractivity contribution >= 4 is 6.08 Å². The molecule has 0 fully saturated rings. The molecule has 0 amide bonds. The zero-order valence-corrected chi connectivity index (χ0v) is 6.72. The summed E-state index contributed by atoms with van der Waals surface area (Å²) in [6, 6.07) is 1.83. The maximum Gasteiger partial charge on any atom is 0.159 e. The first-order chi connectivity index (χ1) is 4.83. The molecule has 56 valence electrons. The molecule has 10 heavy (non-hydrogen) atoms. The highest BCUT2D eigenvalue weighted by atomic mass is 16.5. The van der Waals surface area contributed by atoms with E-state index in [1.165, 1.54) is 0 Å². The summed E-state index contributed by atoms with van der Waals surface area (Å²) in [5.74, 6) is 0.725. The van der Waals surface area contributed by atoms with E-state index in [0.717, 1.165) is 11.5 Å². The maximum absolute atomic E-state index is 4.75. The van der Waals surface area contributed by atoms with Gasteiger partial charge >= 0.3 is 0 Å². The van der Waals surface area contributed by atoms with Crippen LogP contribution in [0.4, 0.5) is 0 Å². The van der Waals surface area contributed by atoms with Gasteiger partial charge in [0.1, 0.15) is 0 Å². The Kier molecular flexibility index (Phi) is 4.29. The third-order valence-corrected chi connectivity index (χ3v) is 0.847. The SMILES string of the molecule is C=Cc1cc(C)no1.CC. The molecule has 2 nitrogen and oxygen atoms in total. The molecule has 2 heteroatoms. The van der Waals surface area contributed by atoms with Gasteiger partial charge in [0, 0.05) is 6.07 Å². The first kappa shape index (κ1) is 8.95. The zero-order valence-electron chi connectivity index (χ0n) is 6.72. The maximum atomic E-state index is 4.75. The second-order valence-electron chi connectivity index (χ2n) is 1.57. The van der Waals surface area contributed by atoms with Crippen molar-refractivity contribution in [1.29, 1.82) is 0 Å². The van der Waals surface area contributed by atoms with Crippen LogP contribution in [-0.4, -0.2) is 5.16 Å². The van der Waals surface area contributed by atoms with Gasteiger partial charge in [-0.05, 0) is 13.0 Å². The summed E-state index contributed by atoms with van der Waals surface area (Å²) in [5.41, 5.74) is 0.889. The lowest BCUT2D eigenvalue weighted by molar-refractivity contribution is 0.408. The van der Waals surface area contributed by atoms with E-state index >= 15 is 0 Å². The number of aryl methyl sites for hydroxylation is 1. The molecule has 0 unspecified atom stereocenters. The van der Waals surface area contributed by atoms with E-state index < -0.39 is 0 Å². The zero-order chi connectivity index (χ0) is 7.98. The average Bonchev–Trinajstić information content (AvgIpc) is 2.40. The first-order valence-electron chi connectivity index (χ1n) is 3.38. The molecule has 0 aliphatic carbocycles. The van der Waals surface area contributed by atoms with Gasteiger partial charge in [0.15, 0.2) is 5.76 Å². The standard InChI is InChI=1S/C6H7NO.C2H6/c1-3-6-4-5(2)7-8-6;1-2/h3-4H,1H2,2H3;1-2H3. The Labute approximate surface area is 61.5 Å². The monoisotopic (exact) mass is 139 g/mol. The molecular formula is C8H13NO. The van der Waals surface area contributed by atoms with Crippen molar-refractivity contribution in [3.8, 4) is 0 Å². The Morgan fingerprint density at radius 1 is 1.60 bits per heavy atom. The molecule has 0 bridgehead atoms. The summed E-state index contributed by atoms with van der Waals surface area (Å²) in [5, 5.41) is 3.64. The first-order valence-corrected chi connectivity index (χ1v) is 3.38. The van der Waals surface area contributed by atoms with Crippen molar-refractivity contribution in [2.24, 2.45) is 0 Å². The quantitative estimate of drug-likeness (QED) is 0.597. The van der Waals surface area contributed by atoms with E-state index in [-0.39, 0.29) is 0 Å². The molecule has 1 aromatic rings. The summed E-state index contributed by atoms with van der Waals surface area (Å²) < 4.78 is 4.75. The Bertz CT molecular complexity index is 191. The fourth-order valence-corrected chi connectivity index (χ4v) is 0.479. The largest absolute Gasteiger partial charge is 0.357 e. The highest BCUT2D eigenvalue weighted by Gasteiger charge is 1.90. The molecule has 1 rings (SSSR count). The van der Waals surface area contributed by atoms with Gasteiger partial charge in [-0.15, -0.1) is 0 Å². The lowest BCUT2D eigenvalue weighted by Gasteiger charge is -1.69. The predicted molar refractivity (Wildman–Crippen MR) is 42.7 cm³/mol. The Morgan fingerprint density at radius 3 is 2.40 bits per heavy atom. The third kappa shape index (κ3) is 2.49. The van der Waals surface area contributed by atoms with Crippen LogP contribution in [0, 0.1) is 6.92 Å². The number of aromatic nitrogens is 1. The number of rotatable bonds is 1. The molecule has 0 saturated carbocycles. The molecule has 0 saturated heterocycles. The summed E-state index contributed by atoms with van der Waals surface area (Å²) in [6.07, 6.45) is 1.62. The van der Waals surface area contributed by atoms with Gasteiger partial charge in [0.25, 0.3) is 0 Å². The van der Waals surface area contributed by atoms with Gasteiger partial charge in [-0.3, -0.25) is 0 Å². The van der Waals surface area contributed by atoms with Gasteiger partial charge in [-0.2, -0.15) is 0 Å². The van der Waals surface area contributed by atoms with Crippen LogP contribution in [0.5, 0.6) is 0 Å². The van der Waals surface area contributed by atoms with Crippen molar-refractivity contribution in [1.82, 2.24) is 5.16 Å². The van der Waals surface area contributed by atoms with Crippen LogP contribution >= 0.6 is 0 Å². The molecule has 0 N–H and O–H groups in total. The molecule has 1 aromatic heterocycles. The van der Waals surface area contributed by atoms with Crippen LogP contribution in [0.15, 0.2) is 17.2 Å². The Hall–Kier alpha value is -1.05. The summed E-state index contributed by atoms with van der Waals surface area (Å²) in [4.78, 5) is 0. The van der Waals surface area contributed by atoms with Crippen LogP contribution in [-0.2, 0) is 0 Å². The van der Waals surface area contributed by atoms with Gasteiger partial charge in [-0.1, -0.05) is 25.6 Å². The molecule has 0 aliphatic rings. The second-order valence-corrected chi connectivity index (χ2v) is 1.57. The van der Waals surface area contributed by atoms with Crippen molar-refractivity contribution in [2.75, 3.05) is 0 Å². The number of nitrogens with zero attached hydrogens (tertiary/aromatic N) is 1. The van der Waals surface area contributed by atoms with E-state index in [1.54, 1.807) is 6.08 Å². The summed E-state index contributed by atoms with van der Waals surface area (Å²) in [7, 11) is 0. The van der Waals surface area contributed by atoms with Crippen molar-refractivity contribution in [3.63, 3.8) is 0 Å². The van der Waals surface area contributed by atoms with E-state index in [9.17, 15) is 0 Å². The van der Waals surface area contributed by atoms with Crippen LogP contribution < -0.4 is 0 Å². The van der Waals surface area contributed by atoms with Crippen LogP contribution in [0.3, 0.4) is 0 Å². The minimum Gasteiger partial charge on any atom is -0.357 e. The summed E-state index contributed by atoms with van der Waals surface area (Å²) >= 11 is 0. The lowest BCUT2D eigenvalue weighted by Crippen LogP contribution is -1.59. The highest BCUT2D eigenvalue weighted by molar-refractivity contribution is 5.38. The van der Waals surface area contributed by atoms with Gasteiger partial charge in [0.2, 0.25) is 0 Å². The van der Waals surface area contributed by atoms with Crippen LogP contribution in [0.2, 0.25) is 0 Å². The van der Waals surface area contributed by atoms with E-state index in [1.807, 2.05) is 26.8 Å². The Morgan fingerprint density at radius 2 is 2.20 bits per heavy atom. The van der Waals surface area contributed by atoms with Crippen molar-refractivity contribution < 1.29 is 4.52 Å². The minimum atomic E-state index is 0.725. The van der Waals surface area contributed by atoms with Crippen LogP contribution in [0.25, 0.3) is 6.08 Å². The highest BCUT2D eigenvalue weighted by Crippen LogP contribution is 2.01. The topological polar surface area (TPSA) is 26.0 Å². The van der Waals surface area contributed by atoms with E-state index in [2.05, 4.69) is 11.7 Å². The molecule has 0 spiro atoms. The molecule has 0 aromatic carbocycles. The van der Waals surface area contributed by atoms with Crippen molar-refractivity contribution in [3.05, 3.63) is 24.1 Å². The minimum absolute atomic E-state index is 0.725. The van der Waals surface area contributed by atoms with E-state index in [0.29, 0.717) is 0 Å².